The molecule has 2 aromatic carbocycles. The number of nitrogens with one attached hydrogen (secondary N) is 1. The van der Waals surface area contributed by atoms with Gasteiger partial charge in [-0.25, -0.2) is 0 Å². The van der Waals surface area contributed by atoms with E-state index in [-0.39, 0.29) is 18.1 Å². The number of carbonyl (C=O) groups excluding carboxylic acids is 1. The van der Waals surface area contributed by atoms with Crippen molar-refractivity contribution in [3.8, 4) is 28.6 Å². The van der Waals surface area contributed by atoms with E-state index in [1.807, 2.05) is 55.1 Å². The van der Waals surface area contributed by atoms with Gasteiger partial charge < -0.3 is 19.5 Å². The Morgan fingerprint density at radius 2 is 2.10 bits per heavy atom. The fraction of sp³-hybridized carbons (Fsp3) is 0.348. The second-order valence-corrected chi connectivity index (χ2v) is 8.28. The highest BCUT2D eigenvalue weighted by molar-refractivity contribution is 6.32. The summed E-state index contributed by atoms with van der Waals surface area (Å²) in [6.45, 7) is 6.94. The van der Waals surface area contributed by atoms with Crippen molar-refractivity contribution in [1.29, 1.82) is 0 Å². The topological polar surface area (TPSA) is 80.5 Å². The molecule has 4 rings (SSSR count). The van der Waals surface area contributed by atoms with E-state index in [2.05, 4.69) is 15.5 Å². The summed E-state index contributed by atoms with van der Waals surface area (Å²) in [6, 6.07) is 13.4. The van der Waals surface area contributed by atoms with E-state index >= 15 is 0 Å². The van der Waals surface area contributed by atoms with Crippen LogP contribution in [0.5, 0.6) is 5.75 Å². The summed E-state index contributed by atoms with van der Waals surface area (Å²) >= 11 is 6.35. The van der Waals surface area contributed by atoms with E-state index in [4.69, 9.17) is 20.9 Å². The number of likely N-dealkylation sites (tertiary alicyclic amines) is 1. The second-order valence-electron chi connectivity index (χ2n) is 7.88. The first-order chi connectivity index (χ1) is 14.9. The smallest absolute Gasteiger partial charge is 0.260 e. The number of amides is 1. The van der Waals surface area contributed by atoms with Crippen LogP contribution in [-0.2, 0) is 4.79 Å². The van der Waals surface area contributed by atoms with Crippen LogP contribution < -0.4 is 10.1 Å². The monoisotopic (exact) mass is 440 g/mol. The van der Waals surface area contributed by atoms with Gasteiger partial charge >= 0.3 is 0 Å². The van der Waals surface area contributed by atoms with Gasteiger partial charge in [0.1, 0.15) is 5.75 Å². The third-order valence-corrected chi connectivity index (χ3v) is 5.42. The summed E-state index contributed by atoms with van der Waals surface area (Å²) in [7, 11) is 0. The normalized spacial score (nSPS) is 16.0. The molecule has 1 amide bonds. The van der Waals surface area contributed by atoms with Gasteiger partial charge in [0.2, 0.25) is 11.7 Å². The van der Waals surface area contributed by atoms with Crippen molar-refractivity contribution in [2.24, 2.45) is 0 Å². The lowest BCUT2D eigenvalue weighted by molar-refractivity contribution is -0.127. The van der Waals surface area contributed by atoms with Gasteiger partial charge in [-0.2, -0.15) is 4.98 Å². The fourth-order valence-electron chi connectivity index (χ4n) is 3.62. The van der Waals surface area contributed by atoms with Crippen LogP contribution in [0.3, 0.4) is 0 Å². The number of nitrogens with zero attached hydrogens (tertiary/aromatic N) is 3. The Bertz CT molecular complexity index is 1080. The van der Waals surface area contributed by atoms with Crippen molar-refractivity contribution in [2.75, 3.05) is 18.4 Å². The zero-order chi connectivity index (χ0) is 22.0. The molecule has 7 nitrogen and oxygen atoms in total. The van der Waals surface area contributed by atoms with Crippen molar-refractivity contribution in [1.82, 2.24) is 15.0 Å². The van der Waals surface area contributed by atoms with Gasteiger partial charge in [-0.1, -0.05) is 28.9 Å². The number of ether oxygens (including phenoxy) is 1. The molecule has 0 radical (unpaired) electrons. The highest BCUT2D eigenvalue weighted by Crippen LogP contribution is 2.33. The molecular weight excluding hydrogens is 416 g/mol. The second kappa shape index (κ2) is 8.98. The quantitative estimate of drug-likeness (QED) is 0.588. The third kappa shape index (κ3) is 4.82. The first-order valence-electron chi connectivity index (χ1n) is 10.3. The Morgan fingerprint density at radius 1 is 1.29 bits per heavy atom. The molecule has 1 aromatic heterocycles. The molecule has 3 aromatic rings. The summed E-state index contributed by atoms with van der Waals surface area (Å²) in [4.78, 5) is 18.0. The Hall–Kier alpha value is -3.06. The van der Waals surface area contributed by atoms with Crippen molar-refractivity contribution in [3.05, 3.63) is 47.5 Å². The molecule has 1 unspecified atom stereocenters. The molecule has 31 heavy (non-hydrogen) atoms. The average Bonchev–Trinajstić information content (AvgIpc) is 3.40. The third-order valence-electron chi connectivity index (χ3n) is 5.13. The predicted molar refractivity (Wildman–Crippen MR) is 120 cm³/mol. The van der Waals surface area contributed by atoms with Crippen LogP contribution in [0, 0.1) is 0 Å². The average molecular weight is 441 g/mol. The number of para-hydroxylation sites is 1. The largest absolute Gasteiger partial charge is 0.489 e. The molecule has 8 heteroatoms. The lowest BCUT2D eigenvalue weighted by Crippen LogP contribution is -2.29. The minimum absolute atomic E-state index is 0.0338. The summed E-state index contributed by atoms with van der Waals surface area (Å²) in [5.74, 6) is 1.59. The molecule has 1 aliphatic heterocycles. The number of rotatable bonds is 6. The summed E-state index contributed by atoms with van der Waals surface area (Å²) in [5, 5.41) is 8.15. The molecule has 1 fully saturated rings. The number of hydrogen-bond donors (Lipinski definition) is 1. The van der Waals surface area contributed by atoms with Crippen molar-refractivity contribution < 1.29 is 14.1 Å². The molecule has 0 bridgehead atoms. The molecular formula is C23H25ClN4O3. The molecule has 0 spiro atoms. The molecule has 2 heterocycles. The van der Waals surface area contributed by atoms with Gasteiger partial charge in [0.25, 0.3) is 5.89 Å². The Kier molecular flexibility index (Phi) is 6.13. The van der Waals surface area contributed by atoms with E-state index in [0.717, 1.165) is 29.8 Å². The van der Waals surface area contributed by atoms with E-state index in [9.17, 15) is 4.79 Å². The maximum Gasteiger partial charge on any atom is 0.260 e. The number of carbonyl (C=O) groups is 1. The van der Waals surface area contributed by atoms with Crippen LogP contribution >= 0.6 is 11.6 Å². The number of benzene rings is 2. The maximum absolute atomic E-state index is 11.6. The Balaban J connectivity index is 1.55. The minimum Gasteiger partial charge on any atom is -0.489 e. The highest BCUT2D eigenvalue weighted by Gasteiger charge is 2.25. The number of hydrogen-bond acceptors (Lipinski definition) is 6. The van der Waals surface area contributed by atoms with Gasteiger partial charge in [0.05, 0.1) is 16.7 Å². The lowest BCUT2D eigenvalue weighted by atomic mass is 10.1. The SMILES string of the molecule is CC(=O)N1CCC(Nc2ccccc2-c2nc(-c3ccc(OC(C)C)c(Cl)c3)no2)C1. The van der Waals surface area contributed by atoms with Crippen molar-refractivity contribution >= 4 is 23.2 Å². The van der Waals surface area contributed by atoms with Gasteiger partial charge in [0, 0.05) is 37.3 Å². The zero-order valence-electron chi connectivity index (χ0n) is 17.8. The molecule has 1 atom stereocenters. The van der Waals surface area contributed by atoms with Crippen molar-refractivity contribution in [2.45, 2.75) is 39.3 Å². The van der Waals surface area contributed by atoms with E-state index in [1.165, 1.54) is 0 Å². The van der Waals surface area contributed by atoms with Crippen LogP contribution in [-0.4, -0.2) is 46.2 Å². The first kappa shape index (κ1) is 21.2. The predicted octanol–water partition coefficient (Wildman–Crippen LogP) is 4.88. The Morgan fingerprint density at radius 3 is 2.81 bits per heavy atom. The number of halogens is 1. The van der Waals surface area contributed by atoms with Crippen molar-refractivity contribution in [3.63, 3.8) is 0 Å². The summed E-state index contributed by atoms with van der Waals surface area (Å²) in [5.41, 5.74) is 2.45. The summed E-state index contributed by atoms with van der Waals surface area (Å²) < 4.78 is 11.2. The fourth-order valence-corrected chi connectivity index (χ4v) is 3.84. The molecule has 1 N–H and O–H groups in total. The van der Waals surface area contributed by atoms with Gasteiger partial charge in [-0.05, 0) is 50.6 Å². The minimum atomic E-state index is 0.0338. The van der Waals surface area contributed by atoms with E-state index in [0.29, 0.717) is 29.0 Å². The molecule has 1 saturated heterocycles. The molecule has 162 valence electrons. The molecule has 0 aliphatic carbocycles. The van der Waals surface area contributed by atoms with Gasteiger partial charge in [-0.3, -0.25) is 4.79 Å². The number of anilines is 1. The first-order valence-corrected chi connectivity index (χ1v) is 10.7. The maximum atomic E-state index is 11.6. The van der Waals surface area contributed by atoms with Gasteiger partial charge in [-0.15, -0.1) is 0 Å². The molecule has 0 saturated carbocycles. The Labute approximate surface area is 186 Å². The highest BCUT2D eigenvalue weighted by atomic mass is 35.5. The molecule has 1 aliphatic rings. The summed E-state index contributed by atoms with van der Waals surface area (Å²) in [6.07, 6.45) is 0.929. The van der Waals surface area contributed by atoms with Gasteiger partial charge in [0.15, 0.2) is 0 Å². The van der Waals surface area contributed by atoms with Crippen LogP contribution in [0.4, 0.5) is 5.69 Å². The van der Waals surface area contributed by atoms with E-state index in [1.54, 1.807) is 13.0 Å². The number of aromatic nitrogens is 2. The van der Waals surface area contributed by atoms with Crippen LogP contribution in [0.2, 0.25) is 5.02 Å². The van der Waals surface area contributed by atoms with Crippen LogP contribution in [0.15, 0.2) is 47.0 Å². The van der Waals surface area contributed by atoms with Crippen LogP contribution in [0.1, 0.15) is 27.2 Å². The van der Waals surface area contributed by atoms with Crippen LogP contribution in [0.25, 0.3) is 22.8 Å². The zero-order valence-corrected chi connectivity index (χ0v) is 18.5. The lowest BCUT2D eigenvalue weighted by Gasteiger charge is -2.17. The van der Waals surface area contributed by atoms with E-state index < -0.39 is 0 Å². The standard InChI is InChI=1S/C23H25ClN4O3/c1-14(2)30-21-9-8-16(12-19(21)24)22-26-23(31-27-22)18-6-4-5-7-20(18)25-17-10-11-28(13-17)15(3)29/h4-9,12,14,17,25H,10-11,13H2,1-3H3.